The lowest BCUT2D eigenvalue weighted by molar-refractivity contribution is -0.385. The Kier molecular flexibility index (Phi) is 4.46. The second-order valence-electron chi connectivity index (χ2n) is 5.49. The van der Waals surface area contributed by atoms with Crippen molar-refractivity contribution >= 4 is 22.6 Å². The predicted octanol–water partition coefficient (Wildman–Crippen LogP) is 2.18. The number of nitrogens with one attached hydrogen (secondary N) is 1. The number of hydrogen-bond donors (Lipinski definition) is 3. The molecule has 0 radical (unpaired) electrons. The molecule has 0 spiro atoms. The number of benzene rings is 2. The summed E-state index contributed by atoms with van der Waals surface area (Å²) in [5, 5.41) is 32.5. The minimum Gasteiger partial charge on any atom is -0.501 e. The van der Waals surface area contributed by atoms with E-state index in [1.165, 1.54) is 18.2 Å². The third-order valence-corrected chi connectivity index (χ3v) is 3.79. The molecule has 0 atom stereocenters. The topological polar surface area (TPSA) is 143 Å². The Morgan fingerprint density at radius 3 is 2.59 bits per heavy atom. The van der Waals surface area contributed by atoms with Gasteiger partial charge < -0.3 is 19.9 Å². The largest absolute Gasteiger partial charge is 0.501 e. The number of nitrogens with zero attached hydrogens (tertiary/aromatic N) is 1. The van der Waals surface area contributed by atoms with Crippen molar-refractivity contribution < 1.29 is 28.7 Å². The minimum atomic E-state index is -1.14. The third-order valence-electron chi connectivity index (χ3n) is 3.79. The van der Waals surface area contributed by atoms with E-state index in [2.05, 4.69) is 5.32 Å². The molecule has 9 nitrogen and oxygen atoms in total. The second kappa shape index (κ2) is 6.75. The van der Waals surface area contributed by atoms with Gasteiger partial charge in [0.05, 0.1) is 4.92 Å². The summed E-state index contributed by atoms with van der Waals surface area (Å²) >= 11 is 0. The van der Waals surface area contributed by atoms with Crippen molar-refractivity contribution in [2.24, 2.45) is 0 Å². The molecule has 0 unspecified atom stereocenters. The highest BCUT2D eigenvalue weighted by atomic mass is 19.1. The van der Waals surface area contributed by atoms with Crippen LogP contribution in [-0.2, 0) is 6.54 Å². The Morgan fingerprint density at radius 2 is 1.93 bits per heavy atom. The summed E-state index contributed by atoms with van der Waals surface area (Å²) < 4.78 is 18.4. The lowest BCUT2D eigenvalue weighted by Gasteiger charge is -2.07. The second-order valence-corrected chi connectivity index (χ2v) is 5.49. The van der Waals surface area contributed by atoms with Crippen molar-refractivity contribution in [3.8, 4) is 11.5 Å². The van der Waals surface area contributed by atoms with Gasteiger partial charge in [-0.3, -0.25) is 14.9 Å². The van der Waals surface area contributed by atoms with E-state index in [-0.39, 0.29) is 17.5 Å². The van der Waals surface area contributed by atoms with Gasteiger partial charge in [-0.05, 0) is 12.1 Å². The standard InChI is InChI=1S/C17H11FN2O7/c18-11-4-2-1-3-8(11)7-19-16(23)10-5-9-6-12(20(25)26)13(21)14(22)15(9)27-17(10)24/h1-6,21-22H,7H2,(H,19,23). The Morgan fingerprint density at radius 1 is 1.22 bits per heavy atom. The molecule has 1 amide bonds. The van der Waals surface area contributed by atoms with E-state index in [0.29, 0.717) is 0 Å². The number of amides is 1. The lowest BCUT2D eigenvalue weighted by Crippen LogP contribution is -2.28. The fourth-order valence-corrected chi connectivity index (χ4v) is 2.43. The van der Waals surface area contributed by atoms with Gasteiger partial charge in [0.25, 0.3) is 5.91 Å². The summed E-state index contributed by atoms with van der Waals surface area (Å²) in [4.78, 5) is 34.2. The molecular weight excluding hydrogens is 363 g/mol. The van der Waals surface area contributed by atoms with E-state index in [4.69, 9.17) is 4.42 Å². The number of carbonyl (C=O) groups is 1. The molecule has 0 aliphatic heterocycles. The van der Waals surface area contributed by atoms with Crippen LogP contribution >= 0.6 is 0 Å². The van der Waals surface area contributed by atoms with E-state index in [1.54, 1.807) is 6.07 Å². The average Bonchev–Trinajstić information content (AvgIpc) is 2.63. The molecule has 1 heterocycles. The Bertz CT molecular complexity index is 1140. The number of hydrogen-bond acceptors (Lipinski definition) is 7. The number of rotatable bonds is 4. The predicted molar refractivity (Wildman–Crippen MR) is 90.0 cm³/mol. The van der Waals surface area contributed by atoms with E-state index in [9.17, 15) is 34.3 Å². The molecule has 3 aromatic rings. The van der Waals surface area contributed by atoms with Gasteiger partial charge >= 0.3 is 11.3 Å². The van der Waals surface area contributed by atoms with E-state index in [1.807, 2.05) is 0 Å². The minimum absolute atomic E-state index is 0.146. The fourth-order valence-electron chi connectivity index (χ4n) is 2.43. The molecule has 0 bridgehead atoms. The van der Waals surface area contributed by atoms with Crippen molar-refractivity contribution in [2.45, 2.75) is 6.54 Å². The molecule has 2 aromatic carbocycles. The van der Waals surface area contributed by atoms with Crippen molar-refractivity contribution in [1.29, 1.82) is 0 Å². The van der Waals surface area contributed by atoms with Crippen LogP contribution in [0.15, 0.2) is 45.6 Å². The fraction of sp³-hybridized carbons (Fsp3) is 0.0588. The molecule has 10 heteroatoms. The molecule has 138 valence electrons. The van der Waals surface area contributed by atoms with Gasteiger partial charge in [-0.25, -0.2) is 9.18 Å². The molecule has 0 saturated heterocycles. The number of nitro benzene ring substituents is 1. The molecule has 1 aromatic heterocycles. The highest BCUT2D eigenvalue weighted by molar-refractivity contribution is 5.98. The first-order chi connectivity index (χ1) is 12.8. The molecule has 0 saturated carbocycles. The molecule has 3 rings (SSSR count). The third kappa shape index (κ3) is 3.27. The highest BCUT2D eigenvalue weighted by Crippen LogP contribution is 2.41. The smallest absolute Gasteiger partial charge is 0.349 e. The first-order valence-electron chi connectivity index (χ1n) is 7.48. The molecule has 0 aliphatic rings. The van der Waals surface area contributed by atoms with Crippen LogP contribution in [0.1, 0.15) is 15.9 Å². The van der Waals surface area contributed by atoms with Crippen LogP contribution in [0.2, 0.25) is 0 Å². The normalized spacial score (nSPS) is 10.7. The first kappa shape index (κ1) is 17.9. The maximum atomic E-state index is 13.6. The summed E-state index contributed by atoms with van der Waals surface area (Å²) in [6.45, 7) is -0.204. The van der Waals surface area contributed by atoms with Gasteiger partial charge in [0, 0.05) is 23.6 Å². The summed E-state index contributed by atoms with van der Waals surface area (Å²) in [7, 11) is 0. The van der Waals surface area contributed by atoms with Crippen molar-refractivity contribution in [3.63, 3.8) is 0 Å². The van der Waals surface area contributed by atoms with Gasteiger partial charge in [-0.2, -0.15) is 0 Å². The van der Waals surface area contributed by atoms with Crippen LogP contribution in [0.4, 0.5) is 10.1 Å². The van der Waals surface area contributed by atoms with Crippen LogP contribution in [0.3, 0.4) is 0 Å². The Hall–Kier alpha value is -3.95. The van der Waals surface area contributed by atoms with Crippen LogP contribution in [0.25, 0.3) is 11.0 Å². The number of carbonyl (C=O) groups excluding carboxylic acids is 1. The van der Waals surface area contributed by atoms with Gasteiger partial charge in [0.15, 0.2) is 5.58 Å². The summed E-state index contributed by atoms with van der Waals surface area (Å²) in [5.74, 6) is -3.49. The van der Waals surface area contributed by atoms with Crippen molar-refractivity contribution in [2.75, 3.05) is 0 Å². The first-order valence-corrected chi connectivity index (χ1v) is 7.48. The lowest BCUT2D eigenvalue weighted by atomic mass is 10.1. The molecular formula is C17H11FN2O7. The van der Waals surface area contributed by atoms with Crippen LogP contribution < -0.4 is 10.9 Å². The SMILES string of the molecule is O=C(NCc1ccccc1F)c1cc2cc([N+](=O)[O-])c(O)c(O)c2oc1=O. The summed E-state index contributed by atoms with van der Waals surface area (Å²) in [6.07, 6.45) is 0. The molecule has 0 fully saturated rings. The molecule has 3 N–H and O–H groups in total. The Labute approximate surface area is 149 Å². The van der Waals surface area contributed by atoms with Crippen LogP contribution in [0.5, 0.6) is 11.5 Å². The van der Waals surface area contributed by atoms with E-state index >= 15 is 0 Å². The van der Waals surface area contributed by atoms with Crippen LogP contribution in [-0.4, -0.2) is 21.0 Å². The number of halogens is 1. The van der Waals surface area contributed by atoms with E-state index in [0.717, 1.165) is 12.1 Å². The number of nitro groups is 1. The quantitative estimate of drug-likeness (QED) is 0.275. The zero-order valence-corrected chi connectivity index (χ0v) is 13.4. The maximum Gasteiger partial charge on any atom is 0.349 e. The average molecular weight is 374 g/mol. The monoisotopic (exact) mass is 374 g/mol. The van der Waals surface area contributed by atoms with Gasteiger partial charge in [0.1, 0.15) is 11.4 Å². The number of fused-ring (bicyclic) bond motifs is 1. The zero-order valence-electron chi connectivity index (χ0n) is 13.4. The maximum absolute atomic E-state index is 13.6. The van der Waals surface area contributed by atoms with Crippen LogP contribution in [0, 0.1) is 15.9 Å². The molecule has 0 aliphatic carbocycles. The van der Waals surface area contributed by atoms with Gasteiger partial charge in [0.2, 0.25) is 11.5 Å². The van der Waals surface area contributed by atoms with E-state index < -0.39 is 50.6 Å². The van der Waals surface area contributed by atoms with Crippen molar-refractivity contribution in [3.05, 3.63) is 73.9 Å². The summed E-state index contributed by atoms with van der Waals surface area (Å²) in [6, 6.07) is 7.53. The Balaban J connectivity index is 1.99. The van der Waals surface area contributed by atoms with Gasteiger partial charge in [-0.15, -0.1) is 0 Å². The highest BCUT2D eigenvalue weighted by Gasteiger charge is 2.24. The molecule has 27 heavy (non-hydrogen) atoms. The number of aromatic hydroxyl groups is 2. The number of phenolic OH excluding ortho intramolecular Hbond substituents is 2. The number of phenols is 2. The van der Waals surface area contributed by atoms with Gasteiger partial charge in [-0.1, -0.05) is 18.2 Å². The van der Waals surface area contributed by atoms with Crippen molar-refractivity contribution in [1.82, 2.24) is 5.32 Å². The summed E-state index contributed by atoms with van der Waals surface area (Å²) in [5.41, 5.74) is -2.79. The zero-order chi connectivity index (χ0) is 19.7.